The molecule has 0 N–H and O–H groups in total. The molecule has 178 valence electrons. The van der Waals surface area contributed by atoms with Gasteiger partial charge in [-0.1, -0.05) is 30.3 Å². The fraction of sp³-hybridized carbons (Fsp3) is 0.333. The molecule has 0 radical (unpaired) electrons. The number of amides is 2. The summed E-state index contributed by atoms with van der Waals surface area (Å²) in [7, 11) is 5.54. The number of hydrogen-bond donors (Lipinski definition) is 0. The lowest BCUT2D eigenvalue weighted by Gasteiger charge is -2.33. The highest BCUT2D eigenvalue weighted by atomic mass is 19.4. The topological polar surface area (TPSA) is 68.6 Å². The van der Waals surface area contributed by atoms with Crippen LogP contribution in [0.4, 0.5) is 18.9 Å². The molecule has 4 rings (SSSR count). The summed E-state index contributed by atoms with van der Waals surface area (Å²) in [6.07, 6.45) is -3.38. The van der Waals surface area contributed by atoms with Gasteiger partial charge in [-0.3, -0.25) is 14.5 Å². The number of likely N-dealkylation sites (N-methyl/N-ethyl adjacent to an activating group) is 2. The molecule has 0 aromatic heterocycles. The van der Waals surface area contributed by atoms with Crippen LogP contribution in [0.3, 0.4) is 0 Å². The van der Waals surface area contributed by atoms with E-state index in [1.807, 2.05) is 19.0 Å². The van der Waals surface area contributed by atoms with Gasteiger partial charge >= 0.3 is 6.18 Å². The summed E-state index contributed by atoms with van der Waals surface area (Å²) in [5.74, 6) is -0.974. The van der Waals surface area contributed by atoms with Gasteiger partial charge in [0.05, 0.1) is 17.5 Å². The van der Waals surface area contributed by atoms with Gasteiger partial charge in [0.2, 0.25) is 0 Å². The molecule has 2 heterocycles. The van der Waals surface area contributed by atoms with Crippen molar-refractivity contribution in [1.29, 1.82) is 0 Å². The number of hydrogen-bond acceptors (Lipinski definition) is 5. The number of nitrogens with zero attached hydrogens (tertiary/aromatic N) is 5. The minimum Gasteiger partial charge on any atom is -0.340 e. The highest BCUT2D eigenvalue weighted by molar-refractivity contribution is 6.10. The molecule has 7 nitrogen and oxygen atoms in total. The van der Waals surface area contributed by atoms with Gasteiger partial charge in [-0.2, -0.15) is 23.4 Å². The first-order chi connectivity index (χ1) is 16.1. The molecule has 0 saturated carbocycles. The zero-order chi connectivity index (χ0) is 24.6. The van der Waals surface area contributed by atoms with Crippen molar-refractivity contribution in [3.8, 4) is 11.1 Å². The Kier molecular flexibility index (Phi) is 6.26. The van der Waals surface area contributed by atoms with E-state index in [1.165, 1.54) is 12.3 Å². The van der Waals surface area contributed by atoms with Crippen molar-refractivity contribution in [2.75, 3.05) is 45.7 Å². The van der Waals surface area contributed by atoms with E-state index in [0.717, 1.165) is 0 Å². The molecule has 34 heavy (non-hydrogen) atoms. The second kappa shape index (κ2) is 9.02. The zero-order valence-electron chi connectivity index (χ0n) is 19.0. The summed E-state index contributed by atoms with van der Waals surface area (Å²) < 4.78 is 40.0. The van der Waals surface area contributed by atoms with E-state index in [2.05, 4.69) is 10.2 Å². The van der Waals surface area contributed by atoms with Crippen LogP contribution >= 0.6 is 0 Å². The molecule has 0 bridgehead atoms. The maximum atomic E-state index is 13.3. The number of rotatable bonds is 6. The Morgan fingerprint density at radius 3 is 2.53 bits per heavy atom. The van der Waals surface area contributed by atoms with E-state index in [9.17, 15) is 22.8 Å². The number of halogens is 3. The van der Waals surface area contributed by atoms with Crippen molar-refractivity contribution in [3.63, 3.8) is 0 Å². The average Bonchev–Trinajstić information content (AvgIpc) is 3.29. The lowest BCUT2D eigenvalue weighted by atomic mass is 9.89. The molecule has 0 aliphatic carbocycles. The van der Waals surface area contributed by atoms with Crippen LogP contribution in [0.2, 0.25) is 0 Å². The van der Waals surface area contributed by atoms with Gasteiger partial charge in [-0.05, 0) is 37.4 Å². The standard InChI is InChI=1S/C24H24F3N5O2/c1-30(2)10-11-31(3)22(33)17-7-5-4-6-16(17)15-8-9-18-20(12-15)32(14-24(25,26)27)23(34)19-13-28-29-21(18)19/h4-9,12-13,21H,10-11,14H2,1-3H3. The van der Waals surface area contributed by atoms with Crippen molar-refractivity contribution in [1.82, 2.24) is 9.80 Å². The van der Waals surface area contributed by atoms with Crippen molar-refractivity contribution in [2.24, 2.45) is 10.2 Å². The van der Waals surface area contributed by atoms with Crippen molar-refractivity contribution in [2.45, 2.75) is 12.2 Å². The van der Waals surface area contributed by atoms with Gasteiger partial charge in [0.25, 0.3) is 11.8 Å². The van der Waals surface area contributed by atoms with Crippen molar-refractivity contribution in [3.05, 3.63) is 65.4 Å². The lowest BCUT2D eigenvalue weighted by Crippen LogP contribution is -2.43. The van der Waals surface area contributed by atoms with Gasteiger partial charge < -0.3 is 9.80 Å². The fourth-order valence-corrected chi connectivity index (χ4v) is 4.05. The summed E-state index contributed by atoms with van der Waals surface area (Å²) in [6.45, 7) is -0.232. The third-order valence-corrected chi connectivity index (χ3v) is 5.82. The molecule has 2 aromatic carbocycles. The molecule has 10 heteroatoms. The molecule has 0 saturated heterocycles. The van der Waals surface area contributed by atoms with Crippen LogP contribution in [0.25, 0.3) is 11.1 Å². The fourth-order valence-electron chi connectivity index (χ4n) is 4.05. The highest BCUT2D eigenvalue weighted by Gasteiger charge is 2.43. The van der Waals surface area contributed by atoms with Gasteiger partial charge in [-0.25, -0.2) is 0 Å². The Bertz CT molecular complexity index is 1190. The Morgan fingerprint density at radius 1 is 1.09 bits per heavy atom. The molecule has 2 amide bonds. The molecule has 0 spiro atoms. The summed E-state index contributed by atoms with van der Waals surface area (Å²) >= 11 is 0. The van der Waals surface area contributed by atoms with E-state index in [4.69, 9.17) is 0 Å². The number of azo groups is 1. The van der Waals surface area contributed by atoms with Crippen LogP contribution in [-0.2, 0) is 4.79 Å². The normalized spacial score (nSPS) is 17.0. The minimum atomic E-state index is -4.59. The molecule has 0 fully saturated rings. The maximum absolute atomic E-state index is 13.3. The van der Waals surface area contributed by atoms with Gasteiger partial charge in [0.1, 0.15) is 12.6 Å². The summed E-state index contributed by atoms with van der Waals surface area (Å²) in [6, 6.07) is 11.1. The van der Waals surface area contributed by atoms with Crippen LogP contribution in [0.5, 0.6) is 0 Å². The second-order valence-corrected chi connectivity index (χ2v) is 8.57. The first kappa shape index (κ1) is 23.6. The van der Waals surface area contributed by atoms with E-state index in [1.54, 1.807) is 48.3 Å². The third-order valence-electron chi connectivity index (χ3n) is 5.82. The molecular formula is C24H24F3N5O2. The smallest absolute Gasteiger partial charge is 0.340 e. The lowest BCUT2D eigenvalue weighted by molar-refractivity contribution is -0.130. The third kappa shape index (κ3) is 4.58. The van der Waals surface area contributed by atoms with Crippen LogP contribution in [0, 0.1) is 0 Å². The molecule has 2 aliphatic heterocycles. The van der Waals surface area contributed by atoms with Crippen LogP contribution in [-0.4, -0.2) is 68.6 Å². The summed E-state index contributed by atoms with van der Waals surface area (Å²) in [5, 5.41) is 7.78. The number of benzene rings is 2. The highest BCUT2D eigenvalue weighted by Crippen LogP contribution is 2.45. The Balaban J connectivity index is 1.76. The zero-order valence-corrected chi connectivity index (χ0v) is 19.0. The monoisotopic (exact) mass is 471 g/mol. The van der Waals surface area contributed by atoms with Gasteiger partial charge in [-0.15, -0.1) is 0 Å². The van der Waals surface area contributed by atoms with Crippen molar-refractivity contribution >= 4 is 17.5 Å². The molecule has 1 unspecified atom stereocenters. The molecular weight excluding hydrogens is 447 g/mol. The second-order valence-electron chi connectivity index (χ2n) is 8.57. The number of carbonyl (C=O) groups is 2. The summed E-state index contributed by atoms with van der Waals surface area (Å²) in [4.78, 5) is 30.3. The quantitative estimate of drug-likeness (QED) is 0.631. The largest absolute Gasteiger partial charge is 0.406 e. The number of carbonyl (C=O) groups excluding carboxylic acids is 2. The van der Waals surface area contributed by atoms with E-state index in [-0.39, 0.29) is 17.2 Å². The van der Waals surface area contributed by atoms with Crippen LogP contribution < -0.4 is 4.90 Å². The number of fused-ring (bicyclic) bond motifs is 3. The molecule has 2 aliphatic rings. The van der Waals surface area contributed by atoms with E-state index in [0.29, 0.717) is 40.2 Å². The SMILES string of the molecule is CN(C)CCN(C)C(=O)c1ccccc1-c1ccc2c(c1)N(CC(F)(F)F)C(=O)C1=CN=NC12. The predicted molar refractivity (Wildman–Crippen MR) is 121 cm³/mol. The summed E-state index contributed by atoms with van der Waals surface area (Å²) in [5.41, 5.74) is 2.22. The Hall–Kier alpha value is -3.53. The Morgan fingerprint density at radius 2 is 1.82 bits per heavy atom. The minimum absolute atomic E-state index is 0.114. The Labute approximate surface area is 195 Å². The average molecular weight is 471 g/mol. The van der Waals surface area contributed by atoms with Crippen molar-refractivity contribution < 1.29 is 22.8 Å². The van der Waals surface area contributed by atoms with E-state index < -0.39 is 24.7 Å². The predicted octanol–water partition coefficient (Wildman–Crippen LogP) is 4.29. The molecule has 1 atom stereocenters. The number of anilines is 1. The van der Waals surface area contributed by atoms with Gasteiger partial charge in [0, 0.05) is 31.3 Å². The van der Waals surface area contributed by atoms with Crippen LogP contribution in [0.15, 0.2) is 64.5 Å². The first-order valence-corrected chi connectivity index (χ1v) is 10.7. The van der Waals surface area contributed by atoms with E-state index >= 15 is 0 Å². The van der Waals surface area contributed by atoms with Crippen LogP contribution in [0.1, 0.15) is 22.0 Å². The molecule has 2 aromatic rings. The maximum Gasteiger partial charge on any atom is 0.406 e. The number of alkyl halides is 3. The van der Waals surface area contributed by atoms with Gasteiger partial charge in [0.15, 0.2) is 0 Å². The first-order valence-electron chi connectivity index (χ1n) is 10.7.